The lowest BCUT2D eigenvalue weighted by Gasteiger charge is -2.45. The van der Waals surface area contributed by atoms with Crippen LogP contribution >= 0.6 is 12.4 Å². The molecular weight excluding hydrogens is 424 g/mol. The maximum atomic E-state index is 13.2. The number of halogens is 1. The number of hydrogen-bond acceptors (Lipinski definition) is 5. The first-order chi connectivity index (χ1) is 13.9. The Hall–Kier alpha value is -1.80. The number of hydrogen-bond donors (Lipinski definition) is 0. The SMILES string of the molecule is COc1ccc(S(=O)(=O)N(C)C2CCN3CCc4cc(OC)ccc4C3C2)cc1.Cl. The molecule has 0 saturated carbocycles. The molecule has 0 aliphatic carbocycles. The number of piperidine rings is 1. The van der Waals surface area contributed by atoms with E-state index in [4.69, 9.17) is 9.47 Å². The average molecular weight is 453 g/mol. The predicted molar refractivity (Wildman–Crippen MR) is 119 cm³/mol. The van der Waals surface area contributed by atoms with Crippen LogP contribution < -0.4 is 9.47 Å². The Bertz CT molecular complexity index is 981. The summed E-state index contributed by atoms with van der Waals surface area (Å²) in [6, 6.07) is 13.1. The Labute approximate surface area is 185 Å². The van der Waals surface area contributed by atoms with Crippen molar-refractivity contribution in [3.8, 4) is 11.5 Å². The molecule has 2 heterocycles. The lowest BCUT2D eigenvalue weighted by atomic mass is 9.85. The van der Waals surface area contributed by atoms with Crippen molar-refractivity contribution in [2.24, 2.45) is 0 Å². The first-order valence-electron chi connectivity index (χ1n) is 9.97. The van der Waals surface area contributed by atoms with Gasteiger partial charge in [0.25, 0.3) is 0 Å². The first kappa shape index (κ1) is 22.9. The minimum atomic E-state index is -3.55. The van der Waals surface area contributed by atoms with Crippen LogP contribution in [-0.4, -0.2) is 58.0 Å². The molecule has 0 radical (unpaired) electrons. The zero-order chi connectivity index (χ0) is 20.6. The van der Waals surface area contributed by atoms with Crippen molar-refractivity contribution < 1.29 is 17.9 Å². The minimum absolute atomic E-state index is 0. The third-order valence-corrected chi connectivity index (χ3v) is 8.24. The van der Waals surface area contributed by atoms with Crippen LogP contribution in [-0.2, 0) is 16.4 Å². The van der Waals surface area contributed by atoms with Crippen molar-refractivity contribution in [1.29, 1.82) is 0 Å². The van der Waals surface area contributed by atoms with E-state index in [9.17, 15) is 8.42 Å². The van der Waals surface area contributed by atoms with Crippen LogP contribution in [0.1, 0.15) is 30.0 Å². The van der Waals surface area contributed by atoms with E-state index in [1.165, 1.54) is 11.1 Å². The second-order valence-corrected chi connectivity index (χ2v) is 9.74. The van der Waals surface area contributed by atoms with Gasteiger partial charge in [-0.15, -0.1) is 12.4 Å². The molecule has 0 bridgehead atoms. The van der Waals surface area contributed by atoms with Gasteiger partial charge in [-0.05, 0) is 66.8 Å². The molecule has 30 heavy (non-hydrogen) atoms. The predicted octanol–water partition coefficient (Wildman–Crippen LogP) is 3.51. The molecule has 0 aromatic heterocycles. The molecular formula is C22H29ClN2O4S. The maximum absolute atomic E-state index is 13.2. The lowest BCUT2D eigenvalue weighted by Crippen LogP contribution is -2.48. The summed E-state index contributed by atoms with van der Waals surface area (Å²) >= 11 is 0. The topological polar surface area (TPSA) is 59.1 Å². The van der Waals surface area contributed by atoms with Crippen molar-refractivity contribution in [2.45, 2.75) is 36.2 Å². The summed E-state index contributed by atoms with van der Waals surface area (Å²) in [6.45, 7) is 1.91. The number of sulfonamides is 1. The number of ether oxygens (including phenoxy) is 2. The van der Waals surface area contributed by atoms with Crippen LogP contribution in [0.15, 0.2) is 47.4 Å². The Balaban J connectivity index is 0.00000256. The summed E-state index contributed by atoms with van der Waals surface area (Å²) in [5.74, 6) is 1.53. The Kier molecular flexibility index (Phi) is 6.97. The monoisotopic (exact) mass is 452 g/mol. The Morgan fingerprint density at radius 3 is 2.33 bits per heavy atom. The number of benzene rings is 2. The van der Waals surface area contributed by atoms with Gasteiger partial charge in [0.05, 0.1) is 19.1 Å². The van der Waals surface area contributed by atoms with Crippen molar-refractivity contribution in [3.05, 3.63) is 53.6 Å². The fourth-order valence-electron chi connectivity index (χ4n) is 4.54. The highest BCUT2D eigenvalue weighted by Crippen LogP contribution is 2.39. The number of rotatable bonds is 5. The highest BCUT2D eigenvalue weighted by Gasteiger charge is 2.38. The summed E-state index contributed by atoms with van der Waals surface area (Å²) < 4.78 is 38.4. The Morgan fingerprint density at radius 2 is 1.67 bits per heavy atom. The normalized spacial score (nSPS) is 21.3. The average Bonchev–Trinajstić information content (AvgIpc) is 2.77. The van der Waals surface area contributed by atoms with Gasteiger partial charge in [-0.1, -0.05) is 6.07 Å². The second-order valence-electron chi connectivity index (χ2n) is 7.74. The van der Waals surface area contributed by atoms with Crippen molar-refractivity contribution in [1.82, 2.24) is 9.21 Å². The molecule has 8 heteroatoms. The van der Waals surface area contributed by atoms with E-state index in [0.717, 1.165) is 38.1 Å². The van der Waals surface area contributed by atoms with E-state index < -0.39 is 10.0 Å². The van der Waals surface area contributed by atoms with Crippen LogP contribution in [0.5, 0.6) is 11.5 Å². The second kappa shape index (κ2) is 9.14. The summed E-state index contributed by atoms with van der Waals surface area (Å²) in [5, 5.41) is 0. The smallest absolute Gasteiger partial charge is 0.243 e. The highest BCUT2D eigenvalue weighted by atomic mass is 35.5. The standard InChI is InChI=1S/C22H28N2O4S.ClH/c1-23(29(25,26)20-7-4-18(27-2)5-8-20)17-11-13-24-12-10-16-14-19(28-3)6-9-21(16)22(24)15-17;/h4-9,14,17,22H,10-13,15H2,1-3H3;1H. The molecule has 2 atom stereocenters. The molecule has 4 rings (SSSR count). The van der Waals surface area contributed by atoms with Gasteiger partial charge in [-0.25, -0.2) is 8.42 Å². The number of methoxy groups -OCH3 is 2. The molecule has 2 aromatic rings. The van der Waals surface area contributed by atoms with E-state index in [2.05, 4.69) is 17.0 Å². The van der Waals surface area contributed by atoms with Crippen LogP contribution in [0.2, 0.25) is 0 Å². The van der Waals surface area contributed by atoms with Crippen LogP contribution in [0.3, 0.4) is 0 Å². The van der Waals surface area contributed by atoms with Gasteiger partial charge >= 0.3 is 0 Å². The maximum Gasteiger partial charge on any atom is 0.243 e. The van der Waals surface area contributed by atoms with Gasteiger partial charge < -0.3 is 9.47 Å². The van der Waals surface area contributed by atoms with Crippen LogP contribution in [0.4, 0.5) is 0 Å². The minimum Gasteiger partial charge on any atom is -0.497 e. The fraction of sp³-hybridized carbons (Fsp3) is 0.455. The number of nitrogens with zero attached hydrogens (tertiary/aromatic N) is 2. The van der Waals surface area contributed by atoms with Gasteiger partial charge in [0.1, 0.15) is 11.5 Å². The molecule has 0 N–H and O–H groups in total. The zero-order valence-electron chi connectivity index (χ0n) is 17.6. The first-order valence-corrected chi connectivity index (χ1v) is 11.4. The summed E-state index contributed by atoms with van der Waals surface area (Å²) in [6.07, 6.45) is 2.65. The third-order valence-electron chi connectivity index (χ3n) is 6.31. The summed E-state index contributed by atoms with van der Waals surface area (Å²) in [7, 11) is 1.41. The van der Waals surface area contributed by atoms with E-state index in [1.54, 1.807) is 49.8 Å². The van der Waals surface area contributed by atoms with E-state index >= 15 is 0 Å². The molecule has 1 saturated heterocycles. The molecule has 2 unspecified atom stereocenters. The van der Waals surface area contributed by atoms with Gasteiger partial charge in [-0.2, -0.15) is 4.31 Å². The quantitative estimate of drug-likeness (QED) is 0.694. The van der Waals surface area contributed by atoms with E-state index in [0.29, 0.717) is 10.6 Å². The molecule has 1 fully saturated rings. The molecule has 2 aromatic carbocycles. The van der Waals surface area contributed by atoms with Crippen LogP contribution in [0.25, 0.3) is 0 Å². The summed E-state index contributed by atoms with van der Waals surface area (Å²) in [5.41, 5.74) is 2.61. The Morgan fingerprint density at radius 1 is 1.00 bits per heavy atom. The molecule has 0 amide bonds. The van der Waals surface area contributed by atoms with Crippen molar-refractivity contribution >= 4 is 22.4 Å². The molecule has 2 aliphatic rings. The zero-order valence-corrected chi connectivity index (χ0v) is 19.2. The van der Waals surface area contributed by atoms with Crippen molar-refractivity contribution in [2.75, 3.05) is 34.4 Å². The molecule has 164 valence electrons. The van der Waals surface area contributed by atoms with Crippen LogP contribution in [0, 0.1) is 0 Å². The molecule has 6 nitrogen and oxygen atoms in total. The van der Waals surface area contributed by atoms with Gasteiger partial charge in [0.15, 0.2) is 0 Å². The van der Waals surface area contributed by atoms with E-state index in [-0.39, 0.29) is 24.5 Å². The fourth-order valence-corrected chi connectivity index (χ4v) is 5.94. The summed E-state index contributed by atoms with van der Waals surface area (Å²) in [4.78, 5) is 2.79. The van der Waals surface area contributed by atoms with Gasteiger partial charge in [-0.3, -0.25) is 4.90 Å². The van der Waals surface area contributed by atoms with Crippen molar-refractivity contribution in [3.63, 3.8) is 0 Å². The van der Waals surface area contributed by atoms with Gasteiger partial charge in [0, 0.05) is 32.2 Å². The molecule has 2 aliphatic heterocycles. The number of fused-ring (bicyclic) bond motifs is 3. The largest absolute Gasteiger partial charge is 0.497 e. The highest BCUT2D eigenvalue weighted by molar-refractivity contribution is 7.89. The lowest BCUT2D eigenvalue weighted by molar-refractivity contribution is 0.0968. The third kappa shape index (κ3) is 4.17. The molecule has 0 spiro atoms. The van der Waals surface area contributed by atoms with Gasteiger partial charge in [0.2, 0.25) is 10.0 Å². The van der Waals surface area contributed by atoms with E-state index in [1.807, 2.05) is 6.07 Å².